The van der Waals surface area contributed by atoms with Crippen LogP contribution in [0.4, 0.5) is 5.69 Å². The van der Waals surface area contributed by atoms with Crippen molar-refractivity contribution in [2.24, 2.45) is 5.73 Å². The Hall–Kier alpha value is -3.76. The number of carbonyl (C=O) groups excluding carboxylic acids is 2. The van der Waals surface area contributed by atoms with E-state index in [-0.39, 0.29) is 23.9 Å². The number of pyridine rings is 1. The van der Waals surface area contributed by atoms with Crippen LogP contribution >= 0.6 is 0 Å². The molecule has 4 heterocycles. The lowest BCUT2D eigenvalue weighted by Gasteiger charge is -2.16. The maximum Gasteiger partial charge on any atom is 0.267 e. The molecule has 2 aliphatic rings. The van der Waals surface area contributed by atoms with Gasteiger partial charge in [-0.15, -0.1) is 0 Å². The molecule has 0 aliphatic carbocycles. The number of hydrogen-bond acceptors (Lipinski definition) is 8. The van der Waals surface area contributed by atoms with Crippen molar-refractivity contribution in [3.8, 4) is 22.5 Å². The second-order valence-corrected chi connectivity index (χ2v) is 8.69. The number of likely N-dealkylation sites (N-methyl/N-ethyl adjacent to an activating group) is 1. The lowest BCUT2D eigenvalue weighted by atomic mass is 9.97. The summed E-state index contributed by atoms with van der Waals surface area (Å²) in [6.07, 6.45) is 1.11. The molecular weight excluding hydrogens is 438 g/mol. The third-order valence-corrected chi connectivity index (χ3v) is 6.26. The summed E-state index contributed by atoms with van der Waals surface area (Å²) < 4.78 is 10.8. The topological polar surface area (TPSA) is 144 Å². The first-order valence-corrected chi connectivity index (χ1v) is 11.1. The summed E-state index contributed by atoms with van der Waals surface area (Å²) in [6, 6.07) is 12.6. The molecular formula is C24H25N5O5. The van der Waals surface area contributed by atoms with Gasteiger partial charge < -0.3 is 30.3 Å². The van der Waals surface area contributed by atoms with Crippen LogP contribution in [-0.4, -0.2) is 64.8 Å². The van der Waals surface area contributed by atoms with E-state index in [0.717, 1.165) is 17.7 Å². The van der Waals surface area contributed by atoms with E-state index < -0.39 is 17.4 Å². The molecule has 2 fully saturated rings. The van der Waals surface area contributed by atoms with Crippen molar-refractivity contribution in [2.45, 2.75) is 24.5 Å². The summed E-state index contributed by atoms with van der Waals surface area (Å²) in [5, 5.41) is 18.3. The van der Waals surface area contributed by atoms with Crippen LogP contribution in [0.3, 0.4) is 0 Å². The zero-order chi connectivity index (χ0) is 23.9. The predicted octanol–water partition coefficient (Wildman–Crippen LogP) is 1.75. The van der Waals surface area contributed by atoms with Crippen LogP contribution in [0.2, 0.25) is 0 Å². The summed E-state index contributed by atoms with van der Waals surface area (Å²) in [5.41, 5.74) is 7.18. The summed E-state index contributed by atoms with van der Waals surface area (Å²) in [6.45, 7) is 1.72. The van der Waals surface area contributed by atoms with Gasteiger partial charge in [0.1, 0.15) is 11.4 Å². The lowest BCUT2D eigenvalue weighted by Crippen LogP contribution is -2.35. The van der Waals surface area contributed by atoms with E-state index in [2.05, 4.69) is 15.5 Å². The van der Waals surface area contributed by atoms with Crippen LogP contribution in [0.1, 0.15) is 29.1 Å². The molecule has 3 aromatic rings. The van der Waals surface area contributed by atoms with Gasteiger partial charge in [-0.05, 0) is 24.6 Å². The molecule has 1 aromatic carbocycles. The number of benzene rings is 1. The molecule has 0 bridgehead atoms. The van der Waals surface area contributed by atoms with Crippen molar-refractivity contribution in [1.29, 1.82) is 0 Å². The average Bonchev–Trinajstić information content (AvgIpc) is 3.59. The Morgan fingerprint density at radius 2 is 2.03 bits per heavy atom. The largest absolute Gasteiger partial charge is 0.380 e. The highest BCUT2D eigenvalue weighted by atomic mass is 16.5. The summed E-state index contributed by atoms with van der Waals surface area (Å²) in [7, 11) is 1.64. The summed E-state index contributed by atoms with van der Waals surface area (Å²) in [4.78, 5) is 30.2. The third-order valence-electron chi connectivity index (χ3n) is 6.26. The van der Waals surface area contributed by atoms with Gasteiger partial charge in [0.15, 0.2) is 5.76 Å². The minimum Gasteiger partial charge on any atom is -0.380 e. The first-order valence-electron chi connectivity index (χ1n) is 11.1. The molecule has 2 aromatic heterocycles. The Labute approximate surface area is 195 Å². The van der Waals surface area contributed by atoms with Crippen LogP contribution in [-0.2, 0) is 15.1 Å². The van der Waals surface area contributed by atoms with Gasteiger partial charge >= 0.3 is 0 Å². The number of nitrogens with zero attached hydrogens (tertiary/aromatic N) is 3. The van der Waals surface area contributed by atoms with E-state index in [4.69, 9.17) is 15.0 Å². The fraction of sp³-hybridized carbons (Fsp3) is 0.333. The number of ether oxygens (including phenoxy) is 1. The molecule has 34 heavy (non-hydrogen) atoms. The fourth-order valence-electron chi connectivity index (χ4n) is 4.30. The maximum atomic E-state index is 12.4. The molecule has 5 rings (SSSR count). The van der Waals surface area contributed by atoms with Gasteiger partial charge in [0, 0.05) is 49.5 Å². The van der Waals surface area contributed by atoms with E-state index in [0.29, 0.717) is 36.7 Å². The third kappa shape index (κ3) is 4.02. The predicted molar refractivity (Wildman–Crippen MR) is 123 cm³/mol. The highest BCUT2D eigenvalue weighted by Crippen LogP contribution is 2.35. The minimum atomic E-state index is -1.71. The van der Waals surface area contributed by atoms with Gasteiger partial charge in [0.2, 0.25) is 5.60 Å². The van der Waals surface area contributed by atoms with Crippen LogP contribution in [0.5, 0.6) is 0 Å². The highest BCUT2D eigenvalue weighted by molar-refractivity contribution is 5.92. The molecule has 4 N–H and O–H groups in total. The van der Waals surface area contributed by atoms with Crippen LogP contribution in [0.15, 0.2) is 47.0 Å². The number of aromatic nitrogens is 2. The number of carbonyl (C=O) groups is 2. The van der Waals surface area contributed by atoms with E-state index in [9.17, 15) is 14.7 Å². The standard InChI is InChI=1S/C24H25N5O5/c1-29-7-6-24(32,23(29)31)21-12-19(28-34-21)15-4-2-3-14(9-15)18-10-17(11-20(27-18)22(25)30)26-16-5-8-33-13-16/h2-4,9-12,16,32H,5-8,13H2,1H3,(H2,25,30)(H,26,27)/t16-,24+/m0/s1. The molecule has 2 aliphatic heterocycles. The number of nitrogens with two attached hydrogens (primary N) is 1. The quantitative estimate of drug-likeness (QED) is 0.502. The fourth-order valence-corrected chi connectivity index (χ4v) is 4.30. The van der Waals surface area contributed by atoms with Crippen molar-refractivity contribution < 1.29 is 24.0 Å². The molecule has 2 amide bonds. The number of likely N-dealkylation sites (tertiary alicyclic amines) is 1. The highest BCUT2D eigenvalue weighted by Gasteiger charge is 2.48. The summed E-state index contributed by atoms with van der Waals surface area (Å²) >= 11 is 0. The SMILES string of the molecule is CN1CC[C@@](O)(c2cc(-c3cccc(-c4cc(N[C@H]5CCOC5)cc(C(N)=O)n4)c3)no2)C1=O. The molecule has 2 saturated heterocycles. The normalized spacial score (nSPS) is 22.4. The van der Waals surface area contributed by atoms with Gasteiger partial charge in [-0.1, -0.05) is 23.4 Å². The van der Waals surface area contributed by atoms with E-state index in [1.54, 1.807) is 19.2 Å². The van der Waals surface area contributed by atoms with Gasteiger partial charge in [-0.25, -0.2) is 4.98 Å². The second kappa shape index (κ2) is 8.54. The Morgan fingerprint density at radius 1 is 1.24 bits per heavy atom. The number of nitrogens with one attached hydrogen (secondary N) is 1. The molecule has 0 saturated carbocycles. The number of amides is 2. The monoisotopic (exact) mass is 463 g/mol. The first-order chi connectivity index (χ1) is 16.3. The van der Waals surface area contributed by atoms with Crippen LogP contribution in [0, 0.1) is 0 Å². The maximum absolute atomic E-state index is 12.4. The van der Waals surface area contributed by atoms with Gasteiger partial charge in [0.25, 0.3) is 11.8 Å². The Morgan fingerprint density at radius 3 is 2.71 bits per heavy atom. The number of anilines is 1. The number of rotatable bonds is 6. The van der Waals surface area contributed by atoms with Crippen LogP contribution in [0.25, 0.3) is 22.5 Å². The van der Waals surface area contributed by atoms with Crippen molar-refractivity contribution in [2.75, 3.05) is 32.1 Å². The zero-order valence-corrected chi connectivity index (χ0v) is 18.7. The first kappa shape index (κ1) is 22.1. The lowest BCUT2D eigenvalue weighted by molar-refractivity contribution is -0.144. The van der Waals surface area contributed by atoms with Crippen molar-refractivity contribution in [3.63, 3.8) is 0 Å². The molecule has 0 radical (unpaired) electrons. The molecule has 2 atom stereocenters. The molecule has 176 valence electrons. The van der Waals surface area contributed by atoms with Gasteiger partial charge in [-0.3, -0.25) is 9.59 Å². The Kier molecular flexibility index (Phi) is 5.54. The molecule has 0 unspecified atom stereocenters. The van der Waals surface area contributed by atoms with Crippen molar-refractivity contribution >= 4 is 17.5 Å². The summed E-state index contributed by atoms with van der Waals surface area (Å²) in [5.74, 6) is -0.921. The second-order valence-electron chi connectivity index (χ2n) is 8.69. The van der Waals surface area contributed by atoms with Gasteiger partial charge in [0.05, 0.1) is 18.3 Å². The molecule has 10 heteroatoms. The number of hydrogen-bond donors (Lipinski definition) is 3. The Balaban J connectivity index is 1.47. The minimum absolute atomic E-state index is 0.112. The van der Waals surface area contributed by atoms with E-state index >= 15 is 0 Å². The van der Waals surface area contributed by atoms with E-state index in [1.165, 1.54) is 4.90 Å². The average molecular weight is 463 g/mol. The Bertz CT molecular complexity index is 1250. The van der Waals surface area contributed by atoms with Crippen LogP contribution < -0.4 is 11.1 Å². The van der Waals surface area contributed by atoms with E-state index in [1.807, 2.05) is 30.3 Å². The molecule has 10 nitrogen and oxygen atoms in total. The smallest absolute Gasteiger partial charge is 0.267 e. The molecule has 0 spiro atoms. The zero-order valence-electron chi connectivity index (χ0n) is 18.7. The van der Waals surface area contributed by atoms with Crippen molar-refractivity contribution in [3.05, 3.63) is 53.9 Å². The number of aliphatic hydroxyl groups is 1. The van der Waals surface area contributed by atoms with Gasteiger partial charge in [-0.2, -0.15) is 0 Å². The van der Waals surface area contributed by atoms with Crippen molar-refractivity contribution in [1.82, 2.24) is 15.0 Å². The number of primary amides is 1.